The zero-order chi connectivity index (χ0) is 16.1. The van der Waals surface area contributed by atoms with Crippen LogP contribution in [0.1, 0.15) is 39.0 Å². The Morgan fingerprint density at radius 1 is 1.17 bits per heavy atom. The lowest BCUT2D eigenvalue weighted by Gasteiger charge is -2.38. The molecule has 126 valence electrons. The molecule has 4 heteroatoms. The summed E-state index contributed by atoms with van der Waals surface area (Å²) in [6.07, 6.45) is 6.88. The van der Waals surface area contributed by atoms with Gasteiger partial charge in [0.1, 0.15) is 5.75 Å². The van der Waals surface area contributed by atoms with Crippen molar-refractivity contribution in [1.82, 2.24) is 0 Å². The number of benzene rings is 1. The number of hydrogen-bond acceptors (Lipinski definition) is 2. The van der Waals surface area contributed by atoms with E-state index < -0.39 is 0 Å². The number of amides is 1. The monoisotopic (exact) mass is 317 g/mol. The number of carbonyl (C=O) groups is 1. The minimum absolute atomic E-state index is 0.124. The maximum atomic E-state index is 12.3. The molecule has 0 radical (unpaired) electrons. The van der Waals surface area contributed by atoms with E-state index in [4.69, 9.17) is 4.74 Å². The van der Waals surface area contributed by atoms with Gasteiger partial charge in [0.2, 0.25) is 0 Å². The van der Waals surface area contributed by atoms with Crippen LogP contribution < -0.4 is 15.0 Å². The van der Waals surface area contributed by atoms with Gasteiger partial charge in [0.05, 0.1) is 19.7 Å². The smallest absolute Gasteiger partial charge is 0.279 e. The van der Waals surface area contributed by atoms with Gasteiger partial charge in [-0.1, -0.05) is 12.8 Å². The number of likely N-dealkylation sites (tertiary alicyclic amines) is 1. The van der Waals surface area contributed by atoms with E-state index in [9.17, 15) is 4.79 Å². The molecule has 1 unspecified atom stereocenters. The number of nitrogens with one attached hydrogen (secondary N) is 2. The second kappa shape index (κ2) is 7.82. The standard InChI is InChI=1S/C19H28N2O2/c1-2-23-18-9-7-17(8-10-18)20-19(22)14-21-12-11-15-5-3-4-6-16(15)13-21/h7-10,15-16H,2-6,11-14H2,1H3,(H,20,22)/p+1/t15-,16-/m1/s1. The molecule has 2 aliphatic rings. The summed E-state index contributed by atoms with van der Waals surface area (Å²) in [5, 5.41) is 3.02. The molecular weight excluding hydrogens is 288 g/mol. The number of anilines is 1. The molecule has 2 fully saturated rings. The van der Waals surface area contributed by atoms with Gasteiger partial charge in [-0.05, 0) is 56.4 Å². The summed E-state index contributed by atoms with van der Waals surface area (Å²) in [6.45, 7) is 5.55. The van der Waals surface area contributed by atoms with E-state index in [1.165, 1.54) is 43.5 Å². The van der Waals surface area contributed by atoms with Gasteiger partial charge in [-0.25, -0.2) is 0 Å². The third kappa shape index (κ3) is 4.47. The van der Waals surface area contributed by atoms with Crippen LogP contribution in [0.3, 0.4) is 0 Å². The van der Waals surface area contributed by atoms with Gasteiger partial charge >= 0.3 is 0 Å². The molecule has 1 aliphatic carbocycles. The van der Waals surface area contributed by atoms with Gasteiger partial charge in [0, 0.05) is 11.6 Å². The van der Waals surface area contributed by atoms with Gasteiger partial charge in [-0.3, -0.25) is 4.79 Å². The average molecular weight is 317 g/mol. The van der Waals surface area contributed by atoms with Crippen molar-refractivity contribution in [3.8, 4) is 5.75 Å². The summed E-state index contributed by atoms with van der Waals surface area (Å²) in [7, 11) is 0. The summed E-state index contributed by atoms with van der Waals surface area (Å²) >= 11 is 0. The predicted molar refractivity (Wildman–Crippen MR) is 91.9 cm³/mol. The minimum atomic E-state index is 0.124. The summed E-state index contributed by atoms with van der Waals surface area (Å²) in [4.78, 5) is 13.7. The van der Waals surface area contributed by atoms with E-state index in [1.54, 1.807) is 0 Å². The highest BCUT2D eigenvalue weighted by Gasteiger charge is 2.34. The van der Waals surface area contributed by atoms with Gasteiger partial charge in [-0.15, -0.1) is 0 Å². The Kier molecular flexibility index (Phi) is 5.55. The lowest BCUT2D eigenvalue weighted by molar-refractivity contribution is -0.902. The Labute approximate surface area is 139 Å². The minimum Gasteiger partial charge on any atom is -0.494 e. The van der Waals surface area contributed by atoms with Crippen LogP contribution in [0.4, 0.5) is 5.69 Å². The predicted octanol–water partition coefficient (Wildman–Crippen LogP) is 2.12. The molecule has 1 saturated carbocycles. The van der Waals surface area contributed by atoms with E-state index in [-0.39, 0.29) is 5.91 Å². The molecular formula is C19H29N2O2+. The van der Waals surface area contributed by atoms with Crippen molar-refractivity contribution in [2.24, 2.45) is 11.8 Å². The van der Waals surface area contributed by atoms with Crippen LogP contribution in [0.25, 0.3) is 0 Å². The van der Waals surface area contributed by atoms with E-state index in [1.807, 2.05) is 31.2 Å². The number of hydrogen-bond donors (Lipinski definition) is 2. The molecule has 1 aliphatic heterocycles. The number of fused-ring (bicyclic) bond motifs is 1. The molecule has 0 aromatic heterocycles. The molecule has 1 heterocycles. The number of piperidine rings is 1. The van der Waals surface area contributed by atoms with E-state index in [0.29, 0.717) is 13.2 Å². The summed E-state index contributed by atoms with van der Waals surface area (Å²) in [6, 6.07) is 7.62. The van der Waals surface area contributed by atoms with Crippen molar-refractivity contribution >= 4 is 11.6 Å². The molecule has 1 amide bonds. The van der Waals surface area contributed by atoms with Crippen LogP contribution in [0, 0.1) is 11.8 Å². The Bertz CT molecular complexity index is 515. The van der Waals surface area contributed by atoms with Gasteiger partial charge in [-0.2, -0.15) is 0 Å². The third-order valence-electron chi connectivity index (χ3n) is 5.35. The van der Waals surface area contributed by atoms with Gasteiger partial charge in [0.15, 0.2) is 6.54 Å². The number of carbonyl (C=O) groups excluding carboxylic acids is 1. The Morgan fingerprint density at radius 2 is 1.91 bits per heavy atom. The molecule has 1 aromatic rings. The van der Waals surface area contributed by atoms with Crippen molar-refractivity contribution in [3.63, 3.8) is 0 Å². The van der Waals surface area contributed by atoms with Crippen LogP contribution in [-0.2, 0) is 4.79 Å². The van der Waals surface area contributed by atoms with E-state index in [2.05, 4.69) is 5.32 Å². The Morgan fingerprint density at radius 3 is 2.65 bits per heavy atom. The first-order chi connectivity index (χ1) is 11.2. The molecule has 1 aromatic carbocycles. The highest BCUT2D eigenvalue weighted by molar-refractivity contribution is 5.91. The van der Waals surface area contributed by atoms with Crippen molar-refractivity contribution < 1.29 is 14.4 Å². The van der Waals surface area contributed by atoms with E-state index in [0.717, 1.165) is 29.8 Å². The molecule has 2 N–H and O–H groups in total. The van der Waals surface area contributed by atoms with Crippen LogP contribution >= 0.6 is 0 Å². The van der Waals surface area contributed by atoms with Gasteiger partial charge in [0.25, 0.3) is 5.91 Å². The lowest BCUT2D eigenvalue weighted by atomic mass is 9.75. The first-order valence-corrected chi connectivity index (χ1v) is 9.11. The fourth-order valence-corrected chi connectivity index (χ4v) is 4.19. The molecule has 1 saturated heterocycles. The Hall–Kier alpha value is -1.55. The Balaban J connectivity index is 1.47. The maximum Gasteiger partial charge on any atom is 0.279 e. The number of ether oxygens (including phenoxy) is 1. The maximum absolute atomic E-state index is 12.3. The second-order valence-electron chi connectivity index (χ2n) is 6.98. The lowest BCUT2D eigenvalue weighted by Crippen LogP contribution is -3.15. The fraction of sp³-hybridized carbons (Fsp3) is 0.632. The summed E-state index contributed by atoms with van der Waals surface area (Å²) in [5.74, 6) is 2.75. The molecule has 0 spiro atoms. The van der Waals surface area contributed by atoms with Crippen LogP contribution in [-0.4, -0.2) is 32.1 Å². The first kappa shape index (κ1) is 16.3. The topological polar surface area (TPSA) is 42.8 Å². The quantitative estimate of drug-likeness (QED) is 0.873. The first-order valence-electron chi connectivity index (χ1n) is 9.11. The second-order valence-corrected chi connectivity index (χ2v) is 6.98. The number of rotatable bonds is 5. The SMILES string of the molecule is CCOc1ccc(NC(=O)C[NH+]2CC[C@H]3CCCC[C@@H]3C2)cc1. The summed E-state index contributed by atoms with van der Waals surface area (Å²) < 4.78 is 5.42. The van der Waals surface area contributed by atoms with Gasteiger partial charge < -0.3 is 15.0 Å². The van der Waals surface area contributed by atoms with Crippen LogP contribution in [0.15, 0.2) is 24.3 Å². The van der Waals surface area contributed by atoms with Crippen LogP contribution in [0.2, 0.25) is 0 Å². The van der Waals surface area contributed by atoms with Crippen molar-refractivity contribution in [3.05, 3.63) is 24.3 Å². The summed E-state index contributed by atoms with van der Waals surface area (Å²) in [5.41, 5.74) is 0.852. The third-order valence-corrected chi connectivity index (χ3v) is 5.35. The van der Waals surface area contributed by atoms with Crippen molar-refractivity contribution in [1.29, 1.82) is 0 Å². The zero-order valence-electron chi connectivity index (χ0n) is 14.1. The van der Waals surface area contributed by atoms with Crippen molar-refractivity contribution in [2.75, 3.05) is 31.6 Å². The van der Waals surface area contributed by atoms with Crippen molar-refractivity contribution in [2.45, 2.75) is 39.0 Å². The van der Waals surface area contributed by atoms with Crippen LogP contribution in [0.5, 0.6) is 5.75 Å². The molecule has 3 rings (SSSR count). The van der Waals surface area contributed by atoms with E-state index >= 15 is 0 Å². The average Bonchev–Trinajstić information content (AvgIpc) is 2.57. The largest absolute Gasteiger partial charge is 0.494 e. The highest BCUT2D eigenvalue weighted by Crippen LogP contribution is 2.32. The fourth-order valence-electron chi connectivity index (χ4n) is 4.19. The number of quaternary nitrogens is 1. The molecule has 4 nitrogen and oxygen atoms in total. The highest BCUT2D eigenvalue weighted by atomic mass is 16.5. The molecule has 3 atom stereocenters. The molecule has 23 heavy (non-hydrogen) atoms. The zero-order valence-corrected chi connectivity index (χ0v) is 14.1. The normalized spacial score (nSPS) is 27.1. The molecule has 0 bridgehead atoms.